The van der Waals surface area contributed by atoms with Gasteiger partial charge in [0.2, 0.25) is 0 Å². The molecule has 0 aliphatic rings. The van der Waals surface area contributed by atoms with E-state index < -0.39 is 5.97 Å². The molecule has 0 spiro atoms. The second kappa shape index (κ2) is 5.33. The predicted molar refractivity (Wildman–Crippen MR) is 78.2 cm³/mol. The van der Waals surface area contributed by atoms with Crippen molar-refractivity contribution in [3.05, 3.63) is 41.5 Å². The molecule has 106 valence electrons. The normalized spacial score (nSPS) is 10.5. The van der Waals surface area contributed by atoms with Gasteiger partial charge in [-0.25, -0.2) is 9.48 Å². The number of hydrogen-bond donors (Lipinski definition) is 1. The lowest BCUT2D eigenvalue weighted by Gasteiger charge is -2.06. The van der Waals surface area contributed by atoms with Gasteiger partial charge in [-0.15, -0.1) is 16.4 Å². The first-order valence-electron chi connectivity index (χ1n) is 6.00. The van der Waals surface area contributed by atoms with Crippen LogP contribution < -0.4 is 5.73 Å². The van der Waals surface area contributed by atoms with Crippen LogP contribution in [-0.4, -0.2) is 33.3 Å². The lowest BCUT2D eigenvalue weighted by Crippen LogP contribution is -2.04. The van der Waals surface area contributed by atoms with Crippen LogP contribution in [0.2, 0.25) is 0 Å². The van der Waals surface area contributed by atoms with Gasteiger partial charge in [-0.05, 0) is 28.1 Å². The van der Waals surface area contributed by atoms with Gasteiger partial charge in [0.25, 0.3) is 0 Å². The Labute approximate surface area is 124 Å². The summed E-state index contributed by atoms with van der Waals surface area (Å²) in [4.78, 5) is 11.9. The van der Waals surface area contributed by atoms with E-state index >= 15 is 0 Å². The molecule has 0 aliphatic heterocycles. The molecule has 2 heterocycles. The Morgan fingerprint density at radius 3 is 3.00 bits per heavy atom. The largest absolute Gasteiger partial charge is 0.465 e. The Hall–Kier alpha value is -2.74. The van der Waals surface area contributed by atoms with Gasteiger partial charge in [-0.1, -0.05) is 12.1 Å². The van der Waals surface area contributed by atoms with Crippen LogP contribution in [0, 0.1) is 0 Å². The summed E-state index contributed by atoms with van der Waals surface area (Å²) in [7, 11) is 1.33. The number of nitrogens with zero attached hydrogens (tertiary/aromatic N) is 4. The van der Waals surface area contributed by atoms with Gasteiger partial charge in [0, 0.05) is 10.9 Å². The van der Waals surface area contributed by atoms with Crippen molar-refractivity contribution in [1.29, 1.82) is 0 Å². The summed E-state index contributed by atoms with van der Waals surface area (Å²) in [6, 6.07) is 7.50. The second-order valence-corrected chi connectivity index (χ2v) is 5.10. The summed E-state index contributed by atoms with van der Waals surface area (Å²) in [5.74, 6) is -0.448. The fourth-order valence-electron chi connectivity index (χ4n) is 1.99. The fraction of sp³-hybridized carbons (Fsp3) is 0.0769. The molecule has 0 fully saturated rings. The summed E-state index contributed by atoms with van der Waals surface area (Å²) < 4.78 is 6.33. The number of carbonyl (C=O) groups is 1. The second-order valence-electron chi connectivity index (χ2n) is 4.18. The number of ether oxygens (including phenoxy) is 1. The third-order valence-corrected chi connectivity index (χ3v) is 3.79. The average molecular weight is 301 g/mol. The van der Waals surface area contributed by atoms with Crippen LogP contribution in [0.5, 0.6) is 0 Å². The van der Waals surface area contributed by atoms with E-state index in [9.17, 15) is 4.79 Å². The minimum atomic E-state index is -0.448. The van der Waals surface area contributed by atoms with Gasteiger partial charge in [0.05, 0.1) is 12.8 Å². The summed E-state index contributed by atoms with van der Waals surface area (Å²) in [6.45, 7) is 0. The quantitative estimate of drug-likeness (QED) is 0.740. The number of nitrogen functional groups attached to an aromatic ring is 1. The molecular formula is C13H11N5O2S. The van der Waals surface area contributed by atoms with E-state index in [1.165, 1.54) is 29.5 Å². The number of tetrazole rings is 1. The first kappa shape index (κ1) is 13.3. The molecule has 0 amide bonds. The van der Waals surface area contributed by atoms with Gasteiger partial charge in [0.15, 0.2) is 0 Å². The number of aromatic nitrogens is 4. The van der Waals surface area contributed by atoms with E-state index in [1.54, 1.807) is 0 Å². The molecule has 0 radical (unpaired) electrons. The molecule has 3 rings (SSSR count). The van der Waals surface area contributed by atoms with Crippen molar-refractivity contribution in [1.82, 2.24) is 20.2 Å². The maximum Gasteiger partial charge on any atom is 0.341 e. The van der Waals surface area contributed by atoms with E-state index in [2.05, 4.69) is 15.5 Å². The number of nitrogens with two attached hydrogens (primary N) is 1. The molecule has 0 unspecified atom stereocenters. The molecule has 0 aliphatic carbocycles. The Bertz CT molecular complexity index is 782. The van der Waals surface area contributed by atoms with Gasteiger partial charge >= 0.3 is 5.97 Å². The Morgan fingerprint density at radius 2 is 2.29 bits per heavy atom. The van der Waals surface area contributed by atoms with Crippen LogP contribution in [0.1, 0.15) is 10.4 Å². The van der Waals surface area contributed by atoms with Gasteiger partial charge < -0.3 is 10.5 Å². The Morgan fingerprint density at radius 1 is 1.43 bits per heavy atom. The topological polar surface area (TPSA) is 95.9 Å². The molecule has 0 saturated heterocycles. The molecule has 0 bridgehead atoms. The highest BCUT2D eigenvalue weighted by molar-refractivity contribution is 7.14. The minimum absolute atomic E-state index is 0.386. The number of anilines is 1. The van der Waals surface area contributed by atoms with Crippen molar-refractivity contribution in [2.45, 2.75) is 0 Å². The SMILES string of the molecule is COC(=O)c1c(-c2cccc(-n3cnnn3)c2)csc1N. The first-order chi connectivity index (χ1) is 10.2. The standard InChI is InChI=1S/C13H11N5O2S/c1-20-13(19)11-10(6-21-12(11)14)8-3-2-4-9(5-8)18-7-15-16-17-18/h2-7H,14H2,1H3. The van der Waals surface area contributed by atoms with Gasteiger partial charge in [-0.3, -0.25) is 0 Å². The highest BCUT2D eigenvalue weighted by Gasteiger charge is 2.19. The third kappa shape index (κ3) is 2.36. The van der Waals surface area contributed by atoms with Crippen molar-refractivity contribution >= 4 is 22.3 Å². The van der Waals surface area contributed by atoms with Crippen LogP contribution in [0.25, 0.3) is 16.8 Å². The zero-order valence-electron chi connectivity index (χ0n) is 11.1. The van der Waals surface area contributed by atoms with Crippen molar-refractivity contribution in [2.75, 3.05) is 12.8 Å². The number of benzene rings is 1. The number of thiophene rings is 1. The van der Waals surface area contributed by atoms with Gasteiger partial charge in [0.1, 0.15) is 16.9 Å². The first-order valence-corrected chi connectivity index (χ1v) is 6.87. The zero-order valence-corrected chi connectivity index (χ0v) is 11.9. The van der Waals surface area contributed by atoms with Crippen LogP contribution in [0.15, 0.2) is 36.0 Å². The molecule has 0 saturated carbocycles. The van der Waals surface area contributed by atoms with Crippen molar-refractivity contribution in [2.24, 2.45) is 0 Å². The molecule has 8 heteroatoms. The number of esters is 1. The fourth-order valence-corrected chi connectivity index (χ4v) is 2.80. The van der Waals surface area contributed by atoms with E-state index in [-0.39, 0.29) is 0 Å². The average Bonchev–Trinajstić information content (AvgIpc) is 3.16. The number of hydrogen-bond acceptors (Lipinski definition) is 7. The molecule has 3 aromatic rings. The van der Waals surface area contributed by atoms with Crippen LogP contribution in [0.4, 0.5) is 5.00 Å². The molecule has 21 heavy (non-hydrogen) atoms. The Kier molecular flexibility index (Phi) is 3.36. The monoisotopic (exact) mass is 301 g/mol. The predicted octanol–water partition coefficient (Wildman–Crippen LogP) is 1.76. The van der Waals surface area contributed by atoms with Crippen molar-refractivity contribution in [3.8, 4) is 16.8 Å². The van der Waals surface area contributed by atoms with Gasteiger partial charge in [-0.2, -0.15) is 0 Å². The molecule has 1 aromatic carbocycles. The van der Waals surface area contributed by atoms with E-state index in [0.717, 1.165) is 16.8 Å². The lowest BCUT2D eigenvalue weighted by molar-refractivity contribution is 0.0603. The van der Waals surface area contributed by atoms with Crippen LogP contribution in [-0.2, 0) is 4.74 Å². The minimum Gasteiger partial charge on any atom is -0.465 e. The highest BCUT2D eigenvalue weighted by Crippen LogP contribution is 2.34. The lowest BCUT2D eigenvalue weighted by atomic mass is 10.0. The summed E-state index contributed by atoms with van der Waals surface area (Å²) in [5, 5.41) is 13.3. The molecule has 0 atom stereocenters. The maximum atomic E-state index is 11.9. The van der Waals surface area contributed by atoms with Crippen molar-refractivity contribution in [3.63, 3.8) is 0 Å². The number of methoxy groups -OCH3 is 1. The summed E-state index contributed by atoms with van der Waals surface area (Å²) in [5.41, 5.74) is 8.62. The molecule has 7 nitrogen and oxygen atoms in total. The van der Waals surface area contributed by atoms with E-state index in [1.807, 2.05) is 29.6 Å². The number of rotatable bonds is 3. The summed E-state index contributed by atoms with van der Waals surface area (Å²) >= 11 is 1.30. The molecule has 2 N–H and O–H groups in total. The Balaban J connectivity index is 2.10. The smallest absolute Gasteiger partial charge is 0.341 e. The molecular weight excluding hydrogens is 290 g/mol. The molecule has 2 aromatic heterocycles. The van der Waals surface area contributed by atoms with Crippen LogP contribution >= 0.6 is 11.3 Å². The third-order valence-electron chi connectivity index (χ3n) is 2.98. The highest BCUT2D eigenvalue weighted by atomic mass is 32.1. The van der Waals surface area contributed by atoms with E-state index in [0.29, 0.717) is 10.6 Å². The van der Waals surface area contributed by atoms with Crippen LogP contribution in [0.3, 0.4) is 0 Å². The zero-order chi connectivity index (χ0) is 14.8. The summed E-state index contributed by atoms with van der Waals surface area (Å²) in [6.07, 6.45) is 1.50. The van der Waals surface area contributed by atoms with Crippen molar-refractivity contribution < 1.29 is 9.53 Å². The maximum absolute atomic E-state index is 11.9. The van der Waals surface area contributed by atoms with E-state index in [4.69, 9.17) is 10.5 Å². The number of carbonyl (C=O) groups excluding carboxylic acids is 1.